The van der Waals surface area contributed by atoms with Gasteiger partial charge in [0.2, 0.25) is 11.1 Å². The van der Waals surface area contributed by atoms with Crippen LogP contribution in [0.15, 0.2) is 146 Å². The first-order chi connectivity index (χ1) is 28.4. The van der Waals surface area contributed by atoms with E-state index in [9.17, 15) is 9.59 Å². The maximum Gasteiger partial charge on any atom is 0.211 e. The topological polar surface area (TPSA) is 81.2 Å². The monoisotopic (exact) mass is 835 g/mol. The second-order valence-corrected chi connectivity index (χ2v) is 15.0. The van der Waals surface area contributed by atoms with Crippen LogP contribution in [-0.4, -0.2) is 16.1 Å². The first-order valence-electron chi connectivity index (χ1n) is 19.2. The summed E-state index contributed by atoms with van der Waals surface area (Å²) in [6.07, 6.45) is 0. The van der Waals surface area contributed by atoms with E-state index in [2.05, 4.69) is 93.2 Å². The van der Waals surface area contributed by atoms with Crippen LogP contribution in [0.4, 0.5) is 5.69 Å². The molecule has 0 unspecified atom stereocenters. The van der Waals surface area contributed by atoms with Crippen molar-refractivity contribution in [3.8, 4) is 28.3 Å². The number of carbonyl (C=O) groups is 2. The van der Waals surface area contributed by atoms with E-state index in [4.69, 9.17) is 11.8 Å². The fourth-order valence-electron chi connectivity index (χ4n) is 7.07. The van der Waals surface area contributed by atoms with Crippen LogP contribution in [-0.2, 0) is 11.9 Å². The average molecular weight is 837 g/mol. The summed E-state index contributed by atoms with van der Waals surface area (Å²) < 4.78 is 2.30. The van der Waals surface area contributed by atoms with Gasteiger partial charge >= 0.3 is 0 Å². The Hall–Kier alpha value is -6.93. The number of halogens is 1. The molecule has 0 saturated heterocycles. The van der Waals surface area contributed by atoms with E-state index in [-0.39, 0.29) is 11.6 Å². The lowest BCUT2D eigenvalue weighted by molar-refractivity contribution is -0.431. The minimum atomic E-state index is 0.0898. The first kappa shape index (κ1) is 41.7. The van der Waals surface area contributed by atoms with Crippen LogP contribution < -0.4 is 15.6 Å². The third kappa shape index (κ3) is 9.29. The molecule has 0 amide bonds. The number of nitrogens with zero attached hydrogens (tertiary/aromatic N) is 3. The molecule has 6 aromatic carbocycles. The molecular formula is C52H44BrN4O2+. The highest BCUT2D eigenvalue weighted by molar-refractivity contribution is 9.08. The summed E-state index contributed by atoms with van der Waals surface area (Å²) in [6.45, 7) is 21.5. The lowest BCUT2D eigenvalue weighted by Crippen LogP contribution is -2.73. The van der Waals surface area contributed by atoms with Gasteiger partial charge in [0.15, 0.2) is 17.3 Å². The number of fused-ring (bicyclic) bond motifs is 2. The van der Waals surface area contributed by atoms with Crippen LogP contribution in [0.2, 0.25) is 0 Å². The maximum atomic E-state index is 11.8. The molecule has 0 bridgehead atoms. The van der Waals surface area contributed by atoms with Gasteiger partial charge in [0.1, 0.15) is 0 Å². The van der Waals surface area contributed by atoms with Crippen LogP contribution in [0, 0.1) is 31.8 Å². The zero-order valence-corrected chi connectivity index (χ0v) is 35.4. The zero-order valence-electron chi connectivity index (χ0n) is 33.9. The number of para-hydroxylation sites is 1. The Labute approximate surface area is 354 Å². The Bertz CT molecular complexity index is 2960. The summed E-state index contributed by atoms with van der Waals surface area (Å²) in [4.78, 5) is 29.7. The van der Waals surface area contributed by atoms with Crippen LogP contribution in [0.5, 0.6) is 0 Å². The van der Waals surface area contributed by atoms with Crippen LogP contribution in [0.25, 0.3) is 43.6 Å². The predicted octanol–water partition coefficient (Wildman–Crippen LogP) is 10.1. The molecule has 8 rings (SSSR count). The van der Waals surface area contributed by atoms with E-state index >= 15 is 0 Å². The Morgan fingerprint density at radius 3 is 1.97 bits per heavy atom. The summed E-state index contributed by atoms with van der Waals surface area (Å²) in [5.41, 5.74) is 15.0. The molecule has 1 aliphatic rings. The van der Waals surface area contributed by atoms with E-state index in [0.717, 1.165) is 78.0 Å². The summed E-state index contributed by atoms with van der Waals surface area (Å²) in [7, 11) is 0. The molecule has 0 spiro atoms. The number of aromatic nitrogens is 1. The highest BCUT2D eigenvalue weighted by atomic mass is 79.9. The highest BCUT2D eigenvalue weighted by Gasteiger charge is 2.15. The Morgan fingerprint density at radius 1 is 0.763 bits per heavy atom. The van der Waals surface area contributed by atoms with Gasteiger partial charge in [-0.25, -0.2) is 9.84 Å². The Balaban J connectivity index is 0.000000164. The average Bonchev–Trinajstić information content (AvgIpc) is 3.69. The lowest BCUT2D eigenvalue weighted by Gasteiger charge is -2.11. The van der Waals surface area contributed by atoms with E-state index < -0.39 is 0 Å². The van der Waals surface area contributed by atoms with Crippen molar-refractivity contribution in [3.63, 3.8) is 0 Å². The van der Waals surface area contributed by atoms with Gasteiger partial charge in [0.25, 0.3) is 0 Å². The summed E-state index contributed by atoms with van der Waals surface area (Å²) in [5, 5.41) is 13.1. The number of hydrogen-bond acceptors (Lipinski definition) is 3. The number of allylic oxidation sites excluding steroid dienone is 1. The van der Waals surface area contributed by atoms with Crippen molar-refractivity contribution < 1.29 is 14.6 Å². The van der Waals surface area contributed by atoms with Crippen molar-refractivity contribution in [3.05, 3.63) is 207 Å². The molecule has 0 aliphatic carbocycles. The number of alkyl halides is 1. The largest absolute Gasteiger partial charge is 0.340 e. The molecule has 0 saturated carbocycles. The number of hydrogen-bond donors (Lipinski definition) is 1. The van der Waals surface area contributed by atoms with Crippen LogP contribution >= 0.6 is 15.9 Å². The third-order valence-corrected chi connectivity index (χ3v) is 11.4. The fourth-order valence-corrected chi connectivity index (χ4v) is 7.44. The van der Waals surface area contributed by atoms with Gasteiger partial charge in [-0.2, -0.15) is 5.26 Å². The van der Waals surface area contributed by atoms with E-state index in [0.29, 0.717) is 11.3 Å². The molecule has 0 fully saturated rings. The van der Waals surface area contributed by atoms with Gasteiger partial charge < -0.3 is 4.57 Å². The Kier molecular flexibility index (Phi) is 13.1. The zero-order chi connectivity index (χ0) is 42.2. The summed E-state index contributed by atoms with van der Waals surface area (Å²) in [6, 6.07) is 45.8. The first-order valence-corrected chi connectivity index (χ1v) is 20.3. The predicted molar refractivity (Wildman–Crippen MR) is 242 cm³/mol. The minimum Gasteiger partial charge on any atom is -0.340 e. The summed E-state index contributed by atoms with van der Waals surface area (Å²) in [5.74, 6) is 0.185. The normalized spacial score (nSPS) is 11.3. The van der Waals surface area contributed by atoms with E-state index in [1.807, 2.05) is 104 Å². The van der Waals surface area contributed by atoms with Gasteiger partial charge in [-0.05, 0) is 117 Å². The van der Waals surface area contributed by atoms with Crippen LogP contribution in [0.1, 0.15) is 69.4 Å². The standard InChI is InChI=1S/C26H22N2O.C14H10BrN.C12H11NO/c1-17-18(2)28(26-14-13-22(19(3)29)15-24(17)26)16-20-9-11-21(12-10-20)23-7-5-6-8-25(23)27-4;15-9-11-5-7-12(8-6-11)14-4-2-1-3-13(14)10-16;1-7-8(2)13-12-5-4-10(9(3)14)6-11(7)12/h5-15H,16H2,1-3H3;1-8H,9H2;4-6H,2H2,1,3H3/p+1. The molecule has 6 nitrogen and oxygen atoms in total. The molecule has 2 heterocycles. The quantitative estimate of drug-likeness (QED) is 0.0987. The lowest BCUT2D eigenvalue weighted by atomic mass is 10.00. The second-order valence-electron chi connectivity index (χ2n) is 14.4. The van der Waals surface area contributed by atoms with Crippen molar-refractivity contribution in [1.82, 2.24) is 4.57 Å². The Morgan fingerprint density at radius 2 is 1.34 bits per heavy atom. The van der Waals surface area contributed by atoms with E-state index in [1.54, 1.807) is 13.8 Å². The number of nitrogens with one attached hydrogen (secondary N) is 1. The van der Waals surface area contributed by atoms with Crippen molar-refractivity contribution in [2.75, 3.05) is 0 Å². The van der Waals surface area contributed by atoms with Gasteiger partial charge in [-0.1, -0.05) is 107 Å². The van der Waals surface area contributed by atoms with Crippen molar-refractivity contribution >= 4 is 49.7 Å². The van der Waals surface area contributed by atoms with E-state index in [1.165, 1.54) is 22.4 Å². The number of benzene rings is 6. The molecular weight excluding hydrogens is 793 g/mol. The van der Waals surface area contributed by atoms with Crippen molar-refractivity contribution in [1.29, 1.82) is 5.26 Å². The molecule has 7 heteroatoms. The number of rotatable bonds is 7. The molecule has 1 aromatic heterocycles. The molecule has 1 aliphatic heterocycles. The molecule has 0 atom stereocenters. The minimum absolute atomic E-state index is 0.0898. The van der Waals surface area contributed by atoms with Gasteiger partial charge in [0, 0.05) is 51.2 Å². The SMILES string of the molecule is C=C1[NH+]=c2ccc(C(C)=O)cc2=C1C.N#Cc1ccccc1-c1ccc(CBr)cc1.[C-]#[N+]c1ccccc1-c1ccc(Cn2c(C)c(C)c3cc(C(C)=O)ccc32)cc1. The van der Waals surface area contributed by atoms with Gasteiger partial charge in [0.05, 0.1) is 23.4 Å². The summed E-state index contributed by atoms with van der Waals surface area (Å²) >= 11 is 3.41. The van der Waals surface area contributed by atoms with Crippen molar-refractivity contribution in [2.24, 2.45) is 0 Å². The molecule has 1 N–H and O–H groups in total. The molecule has 290 valence electrons. The number of nitriles is 1. The second kappa shape index (κ2) is 18.6. The molecule has 59 heavy (non-hydrogen) atoms. The number of aryl methyl sites for hydroxylation is 1. The van der Waals surface area contributed by atoms with Crippen LogP contribution in [0.3, 0.4) is 0 Å². The smallest absolute Gasteiger partial charge is 0.211 e. The number of carbonyl (C=O) groups excluding carboxylic acids is 2. The third-order valence-electron chi connectivity index (χ3n) is 10.7. The highest BCUT2D eigenvalue weighted by Crippen LogP contribution is 2.31. The number of ketones is 2. The molecule has 7 aromatic rings. The molecule has 0 radical (unpaired) electrons. The van der Waals surface area contributed by atoms with Gasteiger partial charge in [-0.15, -0.1) is 0 Å². The van der Waals surface area contributed by atoms with Gasteiger partial charge in [-0.3, -0.25) is 9.59 Å². The van der Waals surface area contributed by atoms with Crippen molar-refractivity contribution in [2.45, 2.75) is 46.5 Å². The maximum absolute atomic E-state index is 11.8. The number of Topliss-reactive ketones (excluding diaryl/α,β-unsaturated/α-hetero) is 2. The fraction of sp³-hybridized carbons (Fsp3) is 0.135.